The summed E-state index contributed by atoms with van der Waals surface area (Å²) in [7, 11) is 0. The van der Waals surface area contributed by atoms with Crippen LogP contribution < -0.4 is 4.90 Å². The first-order valence-electron chi connectivity index (χ1n) is 21.7. The summed E-state index contributed by atoms with van der Waals surface area (Å²) in [6, 6.07) is 85.0. The van der Waals surface area contributed by atoms with Crippen molar-refractivity contribution in [3.63, 3.8) is 0 Å². The molecule has 3 nitrogen and oxygen atoms in total. The summed E-state index contributed by atoms with van der Waals surface area (Å²) in [4.78, 5) is 6.16. The van der Waals surface area contributed by atoms with E-state index in [9.17, 15) is 0 Å². The van der Waals surface area contributed by atoms with Crippen LogP contribution in [0.1, 0.15) is 0 Å². The first-order chi connectivity index (χ1) is 31.7. The Bertz CT molecular complexity index is 3630. The molecule has 1 aromatic heterocycles. The predicted octanol–water partition coefficient (Wildman–Crippen LogP) is 17.3. The Morgan fingerprint density at radius 2 is 0.875 bits per heavy atom. The Morgan fingerprint density at radius 1 is 0.344 bits per heavy atom. The van der Waals surface area contributed by atoms with E-state index in [4.69, 9.17) is 6.57 Å². The molecule has 0 amide bonds. The zero-order chi connectivity index (χ0) is 42.6. The van der Waals surface area contributed by atoms with Gasteiger partial charge in [0.25, 0.3) is 0 Å². The molecule has 11 aromatic carbocycles. The van der Waals surface area contributed by atoms with Crippen molar-refractivity contribution in [1.29, 1.82) is 0 Å². The van der Waals surface area contributed by atoms with Crippen LogP contribution in [0, 0.1) is 6.57 Å². The molecule has 1 heterocycles. The van der Waals surface area contributed by atoms with Crippen molar-refractivity contribution in [1.82, 2.24) is 4.57 Å². The molecule has 0 aliphatic carbocycles. The number of hydrogen-bond donors (Lipinski definition) is 0. The molecule has 0 fully saturated rings. The third-order valence-corrected chi connectivity index (χ3v) is 12.7. The van der Waals surface area contributed by atoms with Crippen LogP contribution in [0.2, 0.25) is 0 Å². The van der Waals surface area contributed by atoms with E-state index in [0.717, 1.165) is 44.6 Å². The van der Waals surface area contributed by atoms with Crippen LogP contribution in [-0.2, 0) is 0 Å². The fraction of sp³-hybridized carbons (Fsp3) is 0. The van der Waals surface area contributed by atoms with Crippen molar-refractivity contribution in [2.45, 2.75) is 0 Å². The molecule has 0 unspecified atom stereocenters. The third kappa shape index (κ3) is 6.20. The van der Waals surface area contributed by atoms with E-state index in [0.29, 0.717) is 5.69 Å². The number of benzene rings is 11. The summed E-state index contributed by atoms with van der Waals surface area (Å²) in [5, 5.41) is 9.48. The summed E-state index contributed by atoms with van der Waals surface area (Å²) < 4.78 is 2.41. The highest BCUT2D eigenvalue weighted by molar-refractivity contribution is 6.23. The fourth-order valence-electron chi connectivity index (χ4n) is 9.78. The molecule has 0 N–H and O–H groups in total. The lowest BCUT2D eigenvalue weighted by atomic mass is 9.89. The van der Waals surface area contributed by atoms with Gasteiger partial charge in [0.15, 0.2) is 5.69 Å². The molecule has 0 spiro atoms. The molecule has 0 aliphatic heterocycles. The molecule has 64 heavy (non-hydrogen) atoms. The van der Waals surface area contributed by atoms with Gasteiger partial charge in [-0.1, -0.05) is 176 Å². The highest BCUT2D eigenvalue weighted by atomic mass is 15.1. The van der Waals surface area contributed by atoms with E-state index in [1.54, 1.807) is 0 Å². The maximum absolute atomic E-state index is 7.79. The average molecular weight is 814 g/mol. The second-order valence-corrected chi connectivity index (χ2v) is 16.4. The molecule has 3 heteroatoms. The standard InChI is InChI=1S/C61H39N3/c1-62-48-31-33-49(34-32-48)63(61-54-25-12-10-23-52(54)60(53-24-11-13-26-55(53)61)47-28-27-43-19-8-9-20-44(43)37-47)50-21-14-22-51(40-50)64-58-35-29-45(41-15-4-2-5-16-41)38-56(58)57-39-46(30-36-59(57)64)42-17-6-3-7-18-42/h2-40H. The summed E-state index contributed by atoms with van der Waals surface area (Å²) in [5.41, 5.74) is 14.2. The zero-order valence-electron chi connectivity index (χ0n) is 34.9. The molecule has 0 saturated heterocycles. The van der Waals surface area contributed by atoms with E-state index in [1.165, 1.54) is 65.7 Å². The van der Waals surface area contributed by atoms with Crippen LogP contribution in [0.3, 0.4) is 0 Å². The zero-order valence-corrected chi connectivity index (χ0v) is 34.9. The van der Waals surface area contributed by atoms with E-state index in [-0.39, 0.29) is 0 Å². The Morgan fingerprint density at radius 3 is 1.47 bits per heavy atom. The second kappa shape index (κ2) is 15.3. The van der Waals surface area contributed by atoms with Gasteiger partial charge < -0.3 is 9.47 Å². The van der Waals surface area contributed by atoms with E-state index in [2.05, 4.69) is 239 Å². The van der Waals surface area contributed by atoms with Crippen LogP contribution in [0.15, 0.2) is 237 Å². The molecular formula is C61H39N3. The predicted molar refractivity (Wildman–Crippen MR) is 271 cm³/mol. The molecule has 0 bridgehead atoms. The molecule has 0 aliphatic rings. The van der Waals surface area contributed by atoms with Crippen molar-refractivity contribution in [2.24, 2.45) is 0 Å². The lowest BCUT2D eigenvalue weighted by Gasteiger charge is -2.30. The van der Waals surface area contributed by atoms with Gasteiger partial charge in [-0.05, 0) is 116 Å². The Balaban J connectivity index is 1.11. The van der Waals surface area contributed by atoms with Crippen LogP contribution in [0.4, 0.5) is 22.7 Å². The number of nitrogens with zero attached hydrogens (tertiary/aromatic N) is 3. The average Bonchev–Trinajstić information content (AvgIpc) is 3.70. The van der Waals surface area contributed by atoms with Crippen LogP contribution in [0.25, 0.3) is 98.0 Å². The van der Waals surface area contributed by atoms with E-state index >= 15 is 0 Å². The van der Waals surface area contributed by atoms with Gasteiger partial charge >= 0.3 is 0 Å². The monoisotopic (exact) mass is 813 g/mol. The Labute approximate surface area is 371 Å². The van der Waals surface area contributed by atoms with Gasteiger partial charge in [0.05, 0.1) is 23.3 Å². The number of hydrogen-bond acceptors (Lipinski definition) is 1. The topological polar surface area (TPSA) is 12.5 Å². The van der Waals surface area contributed by atoms with Crippen molar-refractivity contribution in [3.05, 3.63) is 248 Å². The first-order valence-corrected chi connectivity index (χ1v) is 21.7. The van der Waals surface area contributed by atoms with Gasteiger partial charge in [-0.15, -0.1) is 0 Å². The number of rotatable bonds is 7. The maximum Gasteiger partial charge on any atom is 0.187 e. The highest BCUT2D eigenvalue weighted by Gasteiger charge is 2.23. The SMILES string of the molecule is [C-]#[N+]c1ccc(N(c2cccc(-n3c4ccc(-c5ccccc5)cc4c4cc(-c5ccccc5)ccc43)c2)c2c3ccccc3c(-c3ccc4ccccc4c3)c3ccccc23)cc1. The number of fused-ring (bicyclic) bond motifs is 6. The highest BCUT2D eigenvalue weighted by Crippen LogP contribution is 2.49. The van der Waals surface area contributed by atoms with Crippen molar-refractivity contribution in [2.75, 3.05) is 4.90 Å². The van der Waals surface area contributed by atoms with E-state index < -0.39 is 0 Å². The minimum atomic E-state index is 0.605. The quantitative estimate of drug-likeness (QED) is 0.115. The van der Waals surface area contributed by atoms with Gasteiger partial charge in [0, 0.05) is 38.6 Å². The maximum atomic E-state index is 7.79. The largest absolute Gasteiger partial charge is 0.309 e. The van der Waals surface area contributed by atoms with Crippen molar-refractivity contribution in [3.8, 4) is 39.1 Å². The molecule has 12 aromatic rings. The minimum absolute atomic E-state index is 0.605. The van der Waals surface area contributed by atoms with Crippen molar-refractivity contribution < 1.29 is 0 Å². The Hall–Kier alpha value is -8.71. The molecule has 0 radical (unpaired) electrons. The first kappa shape index (κ1) is 37.1. The van der Waals surface area contributed by atoms with Crippen molar-refractivity contribution >= 4 is 76.9 Å². The van der Waals surface area contributed by atoms with Gasteiger partial charge in [0.2, 0.25) is 0 Å². The third-order valence-electron chi connectivity index (χ3n) is 12.7. The molecule has 298 valence electrons. The smallest absolute Gasteiger partial charge is 0.187 e. The van der Waals surface area contributed by atoms with Crippen LogP contribution >= 0.6 is 0 Å². The Kier molecular flexibility index (Phi) is 8.88. The fourth-order valence-corrected chi connectivity index (χ4v) is 9.78. The summed E-state index contributed by atoms with van der Waals surface area (Å²) in [5.74, 6) is 0. The summed E-state index contributed by atoms with van der Waals surface area (Å²) in [6.07, 6.45) is 0. The van der Waals surface area contributed by atoms with Gasteiger partial charge in [-0.2, -0.15) is 0 Å². The molecule has 12 rings (SSSR count). The molecular weight excluding hydrogens is 775 g/mol. The van der Waals surface area contributed by atoms with Crippen LogP contribution in [0.5, 0.6) is 0 Å². The molecule has 0 atom stereocenters. The van der Waals surface area contributed by atoms with Crippen LogP contribution in [-0.4, -0.2) is 4.57 Å². The number of aromatic nitrogens is 1. The molecule has 0 saturated carbocycles. The minimum Gasteiger partial charge on any atom is -0.309 e. The number of anilines is 3. The van der Waals surface area contributed by atoms with E-state index in [1.807, 2.05) is 12.1 Å². The van der Waals surface area contributed by atoms with Gasteiger partial charge in [-0.25, -0.2) is 4.85 Å². The second-order valence-electron chi connectivity index (χ2n) is 16.4. The lowest BCUT2D eigenvalue weighted by Crippen LogP contribution is -2.12. The van der Waals surface area contributed by atoms with Gasteiger partial charge in [-0.3, -0.25) is 0 Å². The summed E-state index contributed by atoms with van der Waals surface area (Å²) in [6.45, 7) is 7.79. The lowest BCUT2D eigenvalue weighted by molar-refractivity contribution is 1.17. The van der Waals surface area contributed by atoms with Gasteiger partial charge in [0.1, 0.15) is 0 Å². The summed E-state index contributed by atoms with van der Waals surface area (Å²) >= 11 is 0. The normalized spacial score (nSPS) is 11.4.